The van der Waals surface area contributed by atoms with Crippen molar-refractivity contribution >= 4 is 5.91 Å². The molecule has 4 nitrogen and oxygen atoms in total. The standard InChI is InChI=1S/C19H29N3O/c23-19(18-6-2-3-11-20-18)21-14-16-7-9-17(10-8-16)15-22-12-4-1-5-13-22/h7-10,18,20H,1-6,11-15H2,(H,21,23)/t18-/m0/s1. The lowest BCUT2D eigenvalue weighted by Gasteiger charge is -2.26. The SMILES string of the molecule is O=C(NCc1ccc(CN2CCCCC2)cc1)[C@@H]1CCCCN1. The Hall–Kier alpha value is -1.39. The summed E-state index contributed by atoms with van der Waals surface area (Å²) >= 11 is 0. The fourth-order valence-electron chi connectivity index (χ4n) is 3.53. The zero-order chi connectivity index (χ0) is 15.9. The second-order valence-electron chi connectivity index (χ2n) is 6.87. The van der Waals surface area contributed by atoms with Gasteiger partial charge in [0, 0.05) is 13.1 Å². The first-order chi connectivity index (χ1) is 11.3. The molecule has 2 fully saturated rings. The van der Waals surface area contributed by atoms with Gasteiger partial charge in [0.05, 0.1) is 6.04 Å². The van der Waals surface area contributed by atoms with Crippen molar-refractivity contribution in [1.82, 2.24) is 15.5 Å². The number of nitrogens with one attached hydrogen (secondary N) is 2. The molecule has 1 aromatic carbocycles. The third kappa shape index (κ3) is 5.05. The Labute approximate surface area is 139 Å². The van der Waals surface area contributed by atoms with Gasteiger partial charge in [0.25, 0.3) is 0 Å². The number of piperidine rings is 2. The number of carbonyl (C=O) groups is 1. The molecule has 0 aromatic heterocycles. The molecule has 2 aliphatic rings. The Bertz CT molecular complexity index is 488. The summed E-state index contributed by atoms with van der Waals surface area (Å²) in [5.41, 5.74) is 2.55. The quantitative estimate of drug-likeness (QED) is 0.877. The predicted molar refractivity (Wildman–Crippen MR) is 93.1 cm³/mol. The molecule has 0 spiro atoms. The van der Waals surface area contributed by atoms with E-state index in [0.29, 0.717) is 6.54 Å². The van der Waals surface area contributed by atoms with E-state index in [-0.39, 0.29) is 11.9 Å². The summed E-state index contributed by atoms with van der Waals surface area (Å²) in [5.74, 6) is 0.141. The van der Waals surface area contributed by atoms with Crippen LogP contribution >= 0.6 is 0 Å². The van der Waals surface area contributed by atoms with Crippen molar-refractivity contribution in [2.24, 2.45) is 0 Å². The van der Waals surface area contributed by atoms with E-state index in [2.05, 4.69) is 39.8 Å². The van der Waals surface area contributed by atoms with Crippen LogP contribution in [0.25, 0.3) is 0 Å². The molecule has 0 unspecified atom stereocenters. The van der Waals surface area contributed by atoms with Crippen LogP contribution in [0.1, 0.15) is 49.7 Å². The molecule has 4 heteroatoms. The number of benzene rings is 1. The minimum atomic E-state index is 0.00197. The van der Waals surface area contributed by atoms with Gasteiger partial charge in [0.2, 0.25) is 5.91 Å². The summed E-state index contributed by atoms with van der Waals surface area (Å²) in [5, 5.41) is 6.35. The summed E-state index contributed by atoms with van der Waals surface area (Å²) < 4.78 is 0. The van der Waals surface area contributed by atoms with E-state index >= 15 is 0 Å². The van der Waals surface area contributed by atoms with Crippen molar-refractivity contribution in [2.75, 3.05) is 19.6 Å². The minimum absolute atomic E-state index is 0.00197. The van der Waals surface area contributed by atoms with Crippen LogP contribution in [-0.4, -0.2) is 36.5 Å². The Balaban J connectivity index is 1.44. The van der Waals surface area contributed by atoms with Gasteiger partial charge in [-0.2, -0.15) is 0 Å². The van der Waals surface area contributed by atoms with Crippen LogP contribution in [0.2, 0.25) is 0 Å². The van der Waals surface area contributed by atoms with Crippen LogP contribution in [-0.2, 0) is 17.9 Å². The highest BCUT2D eigenvalue weighted by Crippen LogP contribution is 2.14. The molecule has 126 valence electrons. The highest BCUT2D eigenvalue weighted by atomic mass is 16.2. The maximum atomic E-state index is 12.1. The van der Waals surface area contributed by atoms with Crippen molar-refractivity contribution in [3.63, 3.8) is 0 Å². The van der Waals surface area contributed by atoms with Gasteiger partial charge in [0.1, 0.15) is 0 Å². The average molecular weight is 315 g/mol. The second-order valence-corrected chi connectivity index (χ2v) is 6.87. The molecule has 3 rings (SSSR count). The number of nitrogens with zero attached hydrogens (tertiary/aromatic N) is 1. The Morgan fingerprint density at radius 1 is 1.04 bits per heavy atom. The highest BCUT2D eigenvalue weighted by molar-refractivity contribution is 5.81. The molecule has 0 radical (unpaired) electrons. The summed E-state index contributed by atoms with van der Waals surface area (Å²) in [6.45, 7) is 5.10. The summed E-state index contributed by atoms with van der Waals surface area (Å²) in [4.78, 5) is 14.7. The molecule has 1 atom stereocenters. The number of hydrogen-bond acceptors (Lipinski definition) is 3. The van der Waals surface area contributed by atoms with E-state index in [1.54, 1.807) is 0 Å². The summed E-state index contributed by atoms with van der Waals surface area (Å²) in [6.07, 6.45) is 7.34. The molecule has 2 aliphatic heterocycles. The van der Waals surface area contributed by atoms with Crippen LogP contribution in [0.15, 0.2) is 24.3 Å². The Morgan fingerprint density at radius 2 is 1.78 bits per heavy atom. The van der Waals surface area contributed by atoms with E-state index < -0.39 is 0 Å². The van der Waals surface area contributed by atoms with Crippen molar-refractivity contribution in [2.45, 2.75) is 57.7 Å². The Kier molecular flexibility index (Phi) is 6.06. The second kappa shape index (κ2) is 8.46. The number of amides is 1. The fourth-order valence-corrected chi connectivity index (χ4v) is 3.53. The zero-order valence-electron chi connectivity index (χ0n) is 14.0. The monoisotopic (exact) mass is 315 g/mol. The molecule has 23 heavy (non-hydrogen) atoms. The smallest absolute Gasteiger partial charge is 0.237 e. The molecule has 0 aliphatic carbocycles. The van der Waals surface area contributed by atoms with Gasteiger partial charge in [-0.05, 0) is 56.4 Å². The lowest BCUT2D eigenvalue weighted by Crippen LogP contribution is -2.46. The minimum Gasteiger partial charge on any atom is -0.351 e. The van der Waals surface area contributed by atoms with E-state index in [9.17, 15) is 4.79 Å². The topological polar surface area (TPSA) is 44.4 Å². The maximum Gasteiger partial charge on any atom is 0.237 e. The van der Waals surface area contributed by atoms with Crippen LogP contribution < -0.4 is 10.6 Å². The van der Waals surface area contributed by atoms with Crippen molar-refractivity contribution in [1.29, 1.82) is 0 Å². The van der Waals surface area contributed by atoms with Crippen LogP contribution in [0, 0.1) is 0 Å². The van der Waals surface area contributed by atoms with Gasteiger partial charge in [-0.1, -0.05) is 37.1 Å². The van der Waals surface area contributed by atoms with Gasteiger partial charge in [-0.15, -0.1) is 0 Å². The summed E-state index contributed by atoms with van der Waals surface area (Å²) in [6, 6.07) is 8.70. The molecule has 0 saturated carbocycles. The first kappa shape index (κ1) is 16.5. The maximum absolute atomic E-state index is 12.1. The lowest BCUT2D eigenvalue weighted by atomic mass is 10.0. The Morgan fingerprint density at radius 3 is 2.48 bits per heavy atom. The lowest BCUT2D eigenvalue weighted by molar-refractivity contribution is -0.123. The number of likely N-dealkylation sites (tertiary alicyclic amines) is 1. The molecule has 0 bridgehead atoms. The van der Waals surface area contributed by atoms with E-state index in [0.717, 1.165) is 25.9 Å². The van der Waals surface area contributed by atoms with Crippen molar-refractivity contribution < 1.29 is 4.79 Å². The highest BCUT2D eigenvalue weighted by Gasteiger charge is 2.19. The van der Waals surface area contributed by atoms with Crippen LogP contribution in [0.3, 0.4) is 0 Å². The van der Waals surface area contributed by atoms with Crippen molar-refractivity contribution in [3.05, 3.63) is 35.4 Å². The van der Waals surface area contributed by atoms with Gasteiger partial charge >= 0.3 is 0 Å². The molecule has 2 heterocycles. The number of hydrogen-bond donors (Lipinski definition) is 2. The van der Waals surface area contributed by atoms with E-state index in [4.69, 9.17) is 0 Å². The van der Waals surface area contributed by atoms with Crippen LogP contribution in [0.4, 0.5) is 0 Å². The number of rotatable bonds is 5. The van der Waals surface area contributed by atoms with Gasteiger partial charge < -0.3 is 10.6 Å². The first-order valence-electron chi connectivity index (χ1n) is 9.12. The summed E-state index contributed by atoms with van der Waals surface area (Å²) in [7, 11) is 0. The van der Waals surface area contributed by atoms with Crippen LogP contribution in [0.5, 0.6) is 0 Å². The molecular formula is C19H29N3O. The number of carbonyl (C=O) groups excluding carboxylic acids is 1. The van der Waals surface area contributed by atoms with Gasteiger partial charge in [-0.25, -0.2) is 0 Å². The predicted octanol–water partition coefficient (Wildman–Crippen LogP) is 2.43. The van der Waals surface area contributed by atoms with E-state index in [1.807, 2.05) is 0 Å². The van der Waals surface area contributed by atoms with Crippen molar-refractivity contribution in [3.8, 4) is 0 Å². The average Bonchev–Trinajstić information content (AvgIpc) is 2.62. The molecule has 2 saturated heterocycles. The third-order valence-corrected chi connectivity index (χ3v) is 4.97. The largest absolute Gasteiger partial charge is 0.351 e. The fraction of sp³-hybridized carbons (Fsp3) is 0.632. The molecule has 2 N–H and O–H groups in total. The molecule has 1 aromatic rings. The van der Waals surface area contributed by atoms with E-state index in [1.165, 1.54) is 49.9 Å². The first-order valence-corrected chi connectivity index (χ1v) is 9.12. The molecular weight excluding hydrogens is 286 g/mol. The van der Waals surface area contributed by atoms with Gasteiger partial charge in [0.15, 0.2) is 0 Å². The normalized spacial score (nSPS) is 22.7. The zero-order valence-corrected chi connectivity index (χ0v) is 14.0. The van der Waals surface area contributed by atoms with Gasteiger partial charge in [-0.3, -0.25) is 9.69 Å². The molecule has 1 amide bonds. The third-order valence-electron chi connectivity index (χ3n) is 4.97.